The van der Waals surface area contributed by atoms with Crippen LogP contribution in [0.1, 0.15) is 32.8 Å². The van der Waals surface area contributed by atoms with Gasteiger partial charge in [-0.1, -0.05) is 45.0 Å². The van der Waals surface area contributed by atoms with Gasteiger partial charge in [-0.2, -0.15) is 0 Å². The normalized spacial score (nSPS) is 10.9. The Labute approximate surface area is 188 Å². The lowest BCUT2D eigenvalue weighted by molar-refractivity contribution is -0.139. The molecule has 0 atom stereocenters. The summed E-state index contributed by atoms with van der Waals surface area (Å²) in [5.74, 6) is -0.719. The average Bonchev–Trinajstić information content (AvgIpc) is 2.73. The van der Waals surface area contributed by atoms with Gasteiger partial charge >= 0.3 is 12.0 Å². The Morgan fingerprint density at radius 2 is 1.78 bits per heavy atom. The van der Waals surface area contributed by atoms with Crippen molar-refractivity contribution >= 4 is 29.3 Å². The Hall–Kier alpha value is -3.55. The van der Waals surface area contributed by atoms with Gasteiger partial charge < -0.3 is 25.4 Å². The van der Waals surface area contributed by atoms with Crippen LogP contribution >= 0.6 is 0 Å². The molecule has 172 valence electrons. The maximum atomic E-state index is 12.9. The molecule has 0 fully saturated rings. The van der Waals surface area contributed by atoms with Crippen LogP contribution in [0.25, 0.3) is 0 Å². The van der Waals surface area contributed by atoms with Gasteiger partial charge in [-0.15, -0.1) is 0 Å². The van der Waals surface area contributed by atoms with E-state index in [4.69, 9.17) is 0 Å². The highest BCUT2D eigenvalue weighted by Crippen LogP contribution is 2.28. The maximum absolute atomic E-state index is 12.9. The Bertz CT molecular complexity index is 953. The zero-order valence-electron chi connectivity index (χ0n) is 19.0. The molecule has 0 aliphatic rings. The summed E-state index contributed by atoms with van der Waals surface area (Å²) in [4.78, 5) is 38.1. The largest absolute Gasteiger partial charge is 0.506 e. The predicted octanol–water partition coefficient (Wildman–Crippen LogP) is 3.70. The fourth-order valence-corrected chi connectivity index (χ4v) is 2.94. The fourth-order valence-electron chi connectivity index (χ4n) is 2.94. The summed E-state index contributed by atoms with van der Waals surface area (Å²) in [5.41, 5.74) is 1.57. The number of nitrogens with one attached hydrogen (secondary N) is 2. The molecule has 2 aromatic rings. The molecular weight excluding hydrogens is 410 g/mol. The van der Waals surface area contributed by atoms with E-state index in [1.807, 2.05) is 0 Å². The second-order valence-electron chi connectivity index (χ2n) is 8.61. The second-order valence-corrected chi connectivity index (χ2v) is 8.61. The van der Waals surface area contributed by atoms with Crippen molar-refractivity contribution in [3.8, 4) is 5.75 Å². The van der Waals surface area contributed by atoms with E-state index in [0.717, 1.165) is 0 Å². The second kappa shape index (κ2) is 11.2. The number of benzene rings is 2. The van der Waals surface area contributed by atoms with Crippen molar-refractivity contribution in [2.75, 3.05) is 30.4 Å². The van der Waals surface area contributed by atoms with Crippen molar-refractivity contribution in [1.82, 2.24) is 5.32 Å². The number of hydrogen-bond donors (Lipinski definition) is 3. The fraction of sp³-hybridized carbons (Fsp3) is 0.375. The first-order chi connectivity index (χ1) is 15.1. The van der Waals surface area contributed by atoms with Crippen LogP contribution in [0, 0.1) is 5.41 Å². The van der Waals surface area contributed by atoms with Crippen LogP contribution < -0.4 is 15.5 Å². The van der Waals surface area contributed by atoms with Crippen LogP contribution in [0.15, 0.2) is 48.5 Å². The Morgan fingerprint density at radius 1 is 1.06 bits per heavy atom. The molecule has 0 aromatic heterocycles. The number of nitrogens with zero attached hydrogens (tertiary/aromatic N) is 1. The number of methoxy groups -OCH3 is 1. The van der Waals surface area contributed by atoms with Crippen LogP contribution in [0.5, 0.6) is 5.75 Å². The summed E-state index contributed by atoms with van der Waals surface area (Å²) in [7, 11) is 1.31. The number of amides is 3. The van der Waals surface area contributed by atoms with E-state index in [1.165, 1.54) is 18.1 Å². The van der Waals surface area contributed by atoms with Crippen LogP contribution in [-0.4, -0.2) is 43.2 Å². The van der Waals surface area contributed by atoms with Gasteiger partial charge in [0.15, 0.2) is 0 Å². The number of urea groups is 1. The number of phenolic OH excluding ortho intramolecular Hbond substituents is 1. The molecule has 3 N–H and O–H groups in total. The molecular formula is C24H31N3O5. The van der Waals surface area contributed by atoms with Gasteiger partial charge in [0, 0.05) is 12.2 Å². The standard InChI is InChI=1S/C24H31N3O5/c1-24(2,3)12-13-27(19-10-5-6-11-20(19)28)21(29)16-25-23(31)26-18-9-7-8-17(14-18)15-22(30)32-4/h5-11,14,28H,12-13,15-16H2,1-4H3,(H2,25,26,31). The lowest BCUT2D eigenvalue weighted by Crippen LogP contribution is -2.42. The van der Waals surface area contributed by atoms with Crippen LogP contribution in [0.2, 0.25) is 0 Å². The van der Waals surface area contributed by atoms with E-state index in [-0.39, 0.29) is 36.0 Å². The highest BCUT2D eigenvalue weighted by Gasteiger charge is 2.22. The van der Waals surface area contributed by atoms with E-state index in [1.54, 1.807) is 42.5 Å². The van der Waals surface area contributed by atoms with Gasteiger partial charge in [-0.05, 0) is 41.7 Å². The van der Waals surface area contributed by atoms with Crippen molar-refractivity contribution in [3.63, 3.8) is 0 Å². The first-order valence-electron chi connectivity index (χ1n) is 10.4. The van der Waals surface area contributed by atoms with Gasteiger partial charge in [-0.25, -0.2) is 4.79 Å². The van der Waals surface area contributed by atoms with E-state index in [2.05, 4.69) is 36.1 Å². The molecule has 8 nitrogen and oxygen atoms in total. The summed E-state index contributed by atoms with van der Waals surface area (Å²) in [6.45, 7) is 6.37. The Kier molecular flexibility index (Phi) is 8.63. The number of carbonyl (C=O) groups is 3. The Balaban J connectivity index is 2.01. The van der Waals surface area contributed by atoms with Crippen LogP contribution in [-0.2, 0) is 20.7 Å². The van der Waals surface area contributed by atoms with E-state index in [9.17, 15) is 19.5 Å². The molecule has 2 rings (SSSR count). The van der Waals surface area contributed by atoms with Gasteiger partial charge in [-0.3, -0.25) is 9.59 Å². The zero-order valence-corrected chi connectivity index (χ0v) is 19.0. The van der Waals surface area contributed by atoms with Gasteiger partial charge in [0.1, 0.15) is 5.75 Å². The summed E-state index contributed by atoms with van der Waals surface area (Å²) in [5, 5.41) is 15.4. The maximum Gasteiger partial charge on any atom is 0.319 e. The first kappa shape index (κ1) is 24.7. The molecule has 32 heavy (non-hydrogen) atoms. The summed E-state index contributed by atoms with van der Waals surface area (Å²) in [6.07, 6.45) is 0.807. The molecule has 0 radical (unpaired) electrons. The SMILES string of the molecule is COC(=O)Cc1cccc(NC(=O)NCC(=O)N(CCC(C)(C)C)c2ccccc2O)c1. The van der Waals surface area contributed by atoms with Crippen LogP contribution in [0.4, 0.5) is 16.2 Å². The molecule has 0 aliphatic carbocycles. The molecule has 0 spiro atoms. The lowest BCUT2D eigenvalue weighted by Gasteiger charge is -2.27. The number of anilines is 2. The minimum atomic E-state index is -0.554. The van der Waals surface area contributed by atoms with Gasteiger partial charge in [0.2, 0.25) is 5.91 Å². The van der Waals surface area contributed by atoms with Crippen molar-refractivity contribution in [2.45, 2.75) is 33.6 Å². The third kappa shape index (κ3) is 7.94. The van der Waals surface area contributed by atoms with Crippen molar-refractivity contribution < 1.29 is 24.2 Å². The number of ether oxygens (including phenoxy) is 1. The first-order valence-corrected chi connectivity index (χ1v) is 10.4. The minimum Gasteiger partial charge on any atom is -0.506 e. The van der Waals surface area contributed by atoms with Gasteiger partial charge in [0.05, 0.1) is 25.8 Å². The number of hydrogen-bond acceptors (Lipinski definition) is 5. The third-order valence-corrected chi connectivity index (χ3v) is 4.72. The number of phenols is 1. The molecule has 0 unspecified atom stereocenters. The number of para-hydroxylation sites is 2. The smallest absolute Gasteiger partial charge is 0.319 e. The third-order valence-electron chi connectivity index (χ3n) is 4.72. The monoisotopic (exact) mass is 441 g/mol. The van der Waals surface area contributed by atoms with Crippen LogP contribution in [0.3, 0.4) is 0 Å². The van der Waals surface area contributed by atoms with Gasteiger partial charge in [0.25, 0.3) is 0 Å². The molecule has 0 aliphatic heterocycles. The molecule has 0 saturated carbocycles. The quantitative estimate of drug-likeness (QED) is 0.542. The van der Waals surface area contributed by atoms with E-state index in [0.29, 0.717) is 29.9 Å². The Morgan fingerprint density at radius 3 is 2.44 bits per heavy atom. The molecule has 3 amide bonds. The summed E-state index contributed by atoms with van der Waals surface area (Å²) in [6, 6.07) is 12.9. The number of aromatic hydroxyl groups is 1. The van der Waals surface area contributed by atoms with Crippen molar-refractivity contribution in [1.29, 1.82) is 0 Å². The number of carbonyl (C=O) groups excluding carboxylic acids is 3. The predicted molar refractivity (Wildman–Crippen MR) is 124 cm³/mol. The van der Waals surface area contributed by atoms with E-state index < -0.39 is 6.03 Å². The van der Waals surface area contributed by atoms with Crippen molar-refractivity contribution in [3.05, 3.63) is 54.1 Å². The van der Waals surface area contributed by atoms with E-state index >= 15 is 0 Å². The highest BCUT2D eigenvalue weighted by molar-refractivity contribution is 5.99. The molecule has 0 saturated heterocycles. The minimum absolute atomic E-state index is 0.00151. The number of rotatable bonds is 8. The summed E-state index contributed by atoms with van der Waals surface area (Å²) < 4.78 is 4.65. The number of esters is 1. The zero-order chi connectivity index (χ0) is 23.7. The molecule has 0 heterocycles. The molecule has 0 bridgehead atoms. The molecule has 8 heteroatoms. The highest BCUT2D eigenvalue weighted by atomic mass is 16.5. The summed E-state index contributed by atoms with van der Waals surface area (Å²) >= 11 is 0. The molecule has 2 aromatic carbocycles. The topological polar surface area (TPSA) is 108 Å². The lowest BCUT2D eigenvalue weighted by atomic mass is 9.92. The van der Waals surface area contributed by atoms with Crippen molar-refractivity contribution in [2.24, 2.45) is 5.41 Å². The average molecular weight is 442 g/mol.